The van der Waals surface area contributed by atoms with Crippen LogP contribution < -0.4 is 22.1 Å². The Balaban J connectivity index is 2.90. The normalized spacial score (nSPS) is 18.7. The minimum atomic E-state index is -1.58. The lowest BCUT2D eigenvalue weighted by Gasteiger charge is -2.28. The number of amides is 4. The highest BCUT2D eigenvalue weighted by molar-refractivity contribution is 7.80. The average Bonchev–Trinajstić information content (AvgIpc) is 3.13. The fourth-order valence-electron chi connectivity index (χ4n) is 2.93. The Kier molecular flexibility index (Phi) is 9.52. The van der Waals surface area contributed by atoms with Crippen molar-refractivity contribution in [2.24, 2.45) is 11.5 Å². The predicted molar refractivity (Wildman–Crippen MR) is 104 cm³/mol. The lowest BCUT2D eigenvalue weighted by Crippen LogP contribution is -2.57. The first-order valence-electron chi connectivity index (χ1n) is 8.98. The van der Waals surface area contributed by atoms with Crippen LogP contribution in [-0.2, 0) is 28.8 Å². The highest BCUT2D eigenvalue weighted by Crippen LogP contribution is 2.19. The molecule has 0 radical (unpaired) electrons. The van der Waals surface area contributed by atoms with Crippen LogP contribution in [0.3, 0.4) is 0 Å². The summed E-state index contributed by atoms with van der Waals surface area (Å²) in [6, 6.07) is -5.22. The van der Waals surface area contributed by atoms with Gasteiger partial charge < -0.3 is 37.2 Å². The van der Waals surface area contributed by atoms with E-state index in [2.05, 4.69) is 23.3 Å². The summed E-state index contributed by atoms with van der Waals surface area (Å²) in [7, 11) is 0. The lowest BCUT2D eigenvalue weighted by atomic mass is 10.1. The molecular formula is C16H25N5O8S. The smallest absolute Gasteiger partial charge is 0.327 e. The van der Waals surface area contributed by atoms with Gasteiger partial charge in [0.25, 0.3) is 0 Å². The van der Waals surface area contributed by atoms with Gasteiger partial charge in [-0.3, -0.25) is 24.0 Å². The van der Waals surface area contributed by atoms with Gasteiger partial charge in [0.2, 0.25) is 23.6 Å². The first-order valence-corrected chi connectivity index (χ1v) is 9.61. The molecule has 1 saturated heterocycles. The molecule has 0 saturated carbocycles. The molecule has 0 spiro atoms. The largest absolute Gasteiger partial charge is 0.481 e. The van der Waals surface area contributed by atoms with Crippen LogP contribution in [0.4, 0.5) is 0 Å². The first kappa shape index (κ1) is 25.2. The van der Waals surface area contributed by atoms with Gasteiger partial charge in [-0.2, -0.15) is 12.6 Å². The highest BCUT2D eigenvalue weighted by atomic mass is 32.1. The van der Waals surface area contributed by atoms with E-state index in [-0.39, 0.29) is 18.7 Å². The number of hydrogen-bond acceptors (Lipinski definition) is 8. The molecule has 30 heavy (non-hydrogen) atoms. The summed E-state index contributed by atoms with van der Waals surface area (Å²) in [6.45, 7) is 0.180. The number of nitrogens with one attached hydrogen (secondary N) is 2. The number of nitrogens with two attached hydrogens (primary N) is 2. The van der Waals surface area contributed by atoms with Crippen LogP contribution in [0.1, 0.15) is 25.7 Å². The summed E-state index contributed by atoms with van der Waals surface area (Å²) >= 11 is 3.80. The number of likely N-dealkylation sites (tertiary alicyclic amines) is 1. The number of carbonyl (C=O) groups excluding carboxylic acids is 4. The third-order valence-corrected chi connectivity index (χ3v) is 4.75. The van der Waals surface area contributed by atoms with Crippen molar-refractivity contribution >= 4 is 48.2 Å². The monoisotopic (exact) mass is 447 g/mol. The average molecular weight is 447 g/mol. The highest BCUT2D eigenvalue weighted by Gasteiger charge is 2.38. The topological polar surface area (TPSA) is 222 Å². The van der Waals surface area contributed by atoms with Crippen molar-refractivity contribution in [1.29, 1.82) is 0 Å². The second kappa shape index (κ2) is 11.3. The Hall–Kier alpha value is -2.87. The van der Waals surface area contributed by atoms with Gasteiger partial charge >= 0.3 is 11.9 Å². The van der Waals surface area contributed by atoms with E-state index in [1.165, 1.54) is 0 Å². The maximum Gasteiger partial charge on any atom is 0.327 e. The van der Waals surface area contributed by atoms with Gasteiger partial charge in [0.15, 0.2) is 0 Å². The van der Waals surface area contributed by atoms with E-state index in [9.17, 15) is 28.8 Å². The zero-order valence-corrected chi connectivity index (χ0v) is 16.8. The minimum Gasteiger partial charge on any atom is -0.481 e. The molecule has 13 nitrogen and oxygen atoms in total. The van der Waals surface area contributed by atoms with Gasteiger partial charge in [-0.15, -0.1) is 0 Å². The molecule has 1 heterocycles. The summed E-state index contributed by atoms with van der Waals surface area (Å²) < 4.78 is 0. The lowest BCUT2D eigenvalue weighted by molar-refractivity contribution is -0.144. The molecule has 4 amide bonds. The van der Waals surface area contributed by atoms with Gasteiger partial charge in [-0.25, -0.2) is 4.79 Å². The maximum absolute atomic E-state index is 12.6. The molecule has 0 bridgehead atoms. The van der Waals surface area contributed by atoms with Crippen LogP contribution in [0.2, 0.25) is 0 Å². The van der Waals surface area contributed by atoms with E-state index in [0.29, 0.717) is 6.42 Å². The zero-order chi connectivity index (χ0) is 23.0. The van der Waals surface area contributed by atoms with Crippen molar-refractivity contribution < 1.29 is 39.0 Å². The molecule has 1 rings (SSSR count). The van der Waals surface area contributed by atoms with Crippen molar-refractivity contribution in [3.05, 3.63) is 0 Å². The fraction of sp³-hybridized carbons (Fsp3) is 0.625. The van der Waals surface area contributed by atoms with Crippen molar-refractivity contribution in [3.63, 3.8) is 0 Å². The SMILES string of the molecule is NC(=O)C[C@H](N)C(=O)N1CCC[C@H]1C(=O)N[C@@H](CC(=O)O)C(=O)N[C@@H](CS)C(=O)O. The number of primary amides is 1. The van der Waals surface area contributed by atoms with E-state index < -0.39 is 72.6 Å². The number of carboxylic acid groups (broad SMARTS) is 2. The molecule has 0 aromatic heterocycles. The van der Waals surface area contributed by atoms with Crippen molar-refractivity contribution in [2.75, 3.05) is 12.3 Å². The van der Waals surface area contributed by atoms with Gasteiger partial charge in [-0.05, 0) is 12.8 Å². The van der Waals surface area contributed by atoms with Gasteiger partial charge in [0.1, 0.15) is 18.1 Å². The summed E-state index contributed by atoms with van der Waals surface area (Å²) in [4.78, 5) is 71.6. The van der Waals surface area contributed by atoms with E-state index in [1.807, 2.05) is 0 Å². The molecule has 0 unspecified atom stereocenters. The number of carboxylic acids is 2. The van der Waals surface area contributed by atoms with Crippen molar-refractivity contribution in [3.8, 4) is 0 Å². The molecule has 4 atom stereocenters. The Morgan fingerprint density at radius 1 is 1.07 bits per heavy atom. The zero-order valence-electron chi connectivity index (χ0n) is 15.9. The molecule has 1 fully saturated rings. The summed E-state index contributed by atoms with van der Waals surface area (Å²) in [6.07, 6.45) is -0.535. The first-order chi connectivity index (χ1) is 14.0. The third-order valence-electron chi connectivity index (χ3n) is 4.39. The summed E-state index contributed by atoms with van der Waals surface area (Å²) in [5.41, 5.74) is 10.7. The predicted octanol–water partition coefficient (Wildman–Crippen LogP) is -3.36. The summed E-state index contributed by atoms with van der Waals surface area (Å²) in [5, 5.41) is 22.4. The number of hydrogen-bond donors (Lipinski definition) is 7. The maximum atomic E-state index is 12.6. The van der Waals surface area contributed by atoms with E-state index in [1.54, 1.807) is 0 Å². The Bertz CT molecular complexity index is 718. The molecule has 0 aromatic carbocycles. The van der Waals surface area contributed by atoms with Gasteiger partial charge in [0, 0.05) is 12.3 Å². The summed E-state index contributed by atoms with van der Waals surface area (Å²) in [5.74, 6) is -6.32. The molecule has 1 aliphatic heterocycles. The molecule has 8 N–H and O–H groups in total. The second-order valence-corrected chi connectivity index (χ2v) is 7.07. The van der Waals surface area contributed by atoms with Crippen LogP contribution in [0.5, 0.6) is 0 Å². The second-order valence-electron chi connectivity index (χ2n) is 6.71. The Morgan fingerprint density at radius 3 is 2.20 bits per heavy atom. The molecule has 0 aromatic rings. The Labute approximate surface area is 176 Å². The van der Waals surface area contributed by atoms with Crippen LogP contribution in [0, 0.1) is 0 Å². The van der Waals surface area contributed by atoms with E-state index in [4.69, 9.17) is 21.7 Å². The fourth-order valence-corrected chi connectivity index (χ4v) is 3.18. The van der Waals surface area contributed by atoms with Crippen LogP contribution in [0.15, 0.2) is 0 Å². The number of rotatable bonds is 11. The van der Waals surface area contributed by atoms with Crippen molar-refractivity contribution in [1.82, 2.24) is 15.5 Å². The van der Waals surface area contributed by atoms with E-state index >= 15 is 0 Å². The molecular weight excluding hydrogens is 422 g/mol. The number of carbonyl (C=O) groups is 6. The van der Waals surface area contributed by atoms with Crippen LogP contribution >= 0.6 is 12.6 Å². The molecule has 14 heteroatoms. The number of aliphatic carboxylic acids is 2. The van der Waals surface area contributed by atoms with Crippen molar-refractivity contribution in [2.45, 2.75) is 49.9 Å². The molecule has 1 aliphatic rings. The van der Waals surface area contributed by atoms with E-state index in [0.717, 1.165) is 4.90 Å². The quantitative estimate of drug-likeness (QED) is 0.157. The Morgan fingerprint density at radius 2 is 1.70 bits per heavy atom. The number of nitrogens with zero attached hydrogens (tertiary/aromatic N) is 1. The van der Waals surface area contributed by atoms with Crippen LogP contribution in [-0.4, -0.2) is 87.1 Å². The van der Waals surface area contributed by atoms with Gasteiger partial charge in [-0.1, -0.05) is 0 Å². The van der Waals surface area contributed by atoms with Crippen LogP contribution in [0.25, 0.3) is 0 Å². The standard InChI is InChI=1S/C16H25N5O8S/c17-7(4-11(18)22)15(27)21-3-1-2-10(21)14(26)19-8(5-12(23)24)13(25)20-9(6-30)16(28)29/h7-10,30H,1-6,17H2,(H2,18,22)(H,19,26)(H,20,25)(H,23,24)(H,28,29)/t7-,8-,9-,10-/m0/s1. The minimum absolute atomic E-state index is 0.180. The third kappa shape index (κ3) is 7.18. The molecule has 168 valence electrons. The van der Waals surface area contributed by atoms with Gasteiger partial charge in [0.05, 0.1) is 18.9 Å². The number of thiol groups is 1. The molecule has 0 aliphatic carbocycles.